The summed E-state index contributed by atoms with van der Waals surface area (Å²) in [5.41, 5.74) is 9.29. The molecule has 7 rings (SSSR count). The monoisotopic (exact) mass is 539 g/mol. The second kappa shape index (κ2) is 11.4. The fraction of sp³-hybridized carbons (Fsp3) is 0. The van der Waals surface area contributed by atoms with Crippen LogP contribution in [0.3, 0.4) is 0 Å². The molecule has 0 fully saturated rings. The molecule has 3 aromatic heterocycles. The molecule has 0 radical (unpaired) electrons. The summed E-state index contributed by atoms with van der Waals surface area (Å²) in [6.45, 7) is 0. The summed E-state index contributed by atoms with van der Waals surface area (Å²) < 4.78 is 0. The van der Waals surface area contributed by atoms with Gasteiger partial charge < -0.3 is 0 Å². The molecular formula is C37H25N5. The van der Waals surface area contributed by atoms with Gasteiger partial charge in [-0.3, -0.25) is 9.97 Å². The summed E-state index contributed by atoms with van der Waals surface area (Å²) in [4.78, 5) is 23.2. The summed E-state index contributed by atoms with van der Waals surface area (Å²) in [7, 11) is 0. The SMILES string of the molecule is c1ccc(-c2nc(-c3ccccc3)nc(-c3ccc(-c4ccc(-c5ccc(-c6ccncc6)nc5)cc4)cc3)n2)cc1. The van der Waals surface area contributed by atoms with Crippen LogP contribution in [-0.2, 0) is 0 Å². The van der Waals surface area contributed by atoms with E-state index >= 15 is 0 Å². The molecule has 0 amide bonds. The number of benzene rings is 4. The number of pyridine rings is 2. The van der Waals surface area contributed by atoms with E-state index < -0.39 is 0 Å². The van der Waals surface area contributed by atoms with Crippen molar-refractivity contribution in [3.8, 4) is 67.7 Å². The minimum atomic E-state index is 0.646. The molecule has 0 aliphatic rings. The van der Waals surface area contributed by atoms with Gasteiger partial charge in [0.05, 0.1) is 5.69 Å². The first kappa shape index (κ1) is 25.2. The molecule has 0 aliphatic heterocycles. The first-order valence-corrected chi connectivity index (χ1v) is 13.7. The van der Waals surface area contributed by atoms with Crippen molar-refractivity contribution < 1.29 is 0 Å². The van der Waals surface area contributed by atoms with Gasteiger partial charge in [0.25, 0.3) is 0 Å². The fourth-order valence-corrected chi connectivity index (χ4v) is 4.86. The largest absolute Gasteiger partial charge is 0.265 e. The van der Waals surface area contributed by atoms with Gasteiger partial charge in [-0.15, -0.1) is 0 Å². The van der Waals surface area contributed by atoms with Gasteiger partial charge in [-0.25, -0.2) is 15.0 Å². The van der Waals surface area contributed by atoms with Crippen LogP contribution in [0.5, 0.6) is 0 Å². The van der Waals surface area contributed by atoms with Crippen LogP contribution in [-0.4, -0.2) is 24.9 Å². The number of rotatable bonds is 6. The predicted molar refractivity (Wildman–Crippen MR) is 168 cm³/mol. The maximum atomic E-state index is 4.84. The van der Waals surface area contributed by atoms with Crippen LogP contribution in [0.2, 0.25) is 0 Å². The van der Waals surface area contributed by atoms with Crippen LogP contribution in [0.4, 0.5) is 0 Å². The number of hydrogen-bond donors (Lipinski definition) is 0. The van der Waals surface area contributed by atoms with Crippen molar-refractivity contribution in [2.75, 3.05) is 0 Å². The Bertz CT molecular complexity index is 1860. The fourth-order valence-electron chi connectivity index (χ4n) is 4.86. The van der Waals surface area contributed by atoms with Gasteiger partial charge in [0, 0.05) is 46.4 Å². The van der Waals surface area contributed by atoms with Crippen LogP contribution >= 0.6 is 0 Å². The number of aromatic nitrogens is 5. The molecular weight excluding hydrogens is 514 g/mol. The van der Waals surface area contributed by atoms with Crippen molar-refractivity contribution in [2.45, 2.75) is 0 Å². The van der Waals surface area contributed by atoms with Gasteiger partial charge in [0.1, 0.15) is 0 Å². The van der Waals surface area contributed by atoms with Crippen LogP contribution in [0.15, 0.2) is 152 Å². The van der Waals surface area contributed by atoms with Gasteiger partial charge in [-0.1, -0.05) is 115 Å². The molecule has 42 heavy (non-hydrogen) atoms. The van der Waals surface area contributed by atoms with Gasteiger partial charge in [-0.05, 0) is 34.9 Å². The summed E-state index contributed by atoms with van der Waals surface area (Å²) in [5, 5.41) is 0. The van der Waals surface area contributed by atoms with E-state index in [-0.39, 0.29) is 0 Å². The normalized spacial score (nSPS) is 10.9. The molecule has 0 N–H and O–H groups in total. The highest BCUT2D eigenvalue weighted by Crippen LogP contribution is 2.29. The van der Waals surface area contributed by atoms with Gasteiger partial charge in [0.15, 0.2) is 17.5 Å². The number of hydrogen-bond acceptors (Lipinski definition) is 5. The standard InChI is InChI=1S/C37H25N5/c1-3-7-30(8-4-1)35-40-36(31-9-5-2-6-10-31)42-37(41-35)32-17-15-27(16-18-32)26-11-13-28(14-12-26)33-19-20-34(39-25-33)29-21-23-38-24-22-29/h1-25H. The van der Waals surface area contributed by atoms with E-state index in [1.807, 2.05) is 85.1 Å². The Labute approximate surface area is 244 Å². The van der Waals surface area contributed by atoms with Crippen molar-refractivity contribution in [2.24, 2.45) is 0 Å². The van der Waals surface area contributed by atoms with Gasteiger partial charge in [-0.2, -0.15) is 0 Å². The molecule has 0 unspecified atom stereocenters. The molecule has 0 saturated heterocycles. The van der Waals surface area contributed by atoms with Crippen molar-refractivity contribution >= 4 is 0 Å². The van der Waals surface area contributed by atoms with E-state index in [9.17, 15) is 0 Å². The first-order valence-electron chi connectivity index (χ1n) is 13.7. The Hall–Kier alpha value is -5.81. The van der Waals surface area contributed by atoms with Crippen molar-refractivity contribution in [1.29, 1.82) is 0 Å². The summed E-state index contributed by atoms with van der Waals surface area (Å²) in [6.07, 6.45) is 5.48. The average molecular weight is 540 g/mol. The second-order valence-electron chi connectivity index (χ2n) is 9.86. The third-order valence-electron chi connectivity index (χ3n) is 7.13. The molecule has 0 spiro atoms. The van der Waals surface area contributed by atoms with Crippen molar-refractivity contribution in [3.05, 3.63) is 152 Å². The molecule has 198 valence electrons. The Balaban J connectivity index is 1.15. The van der Waals surface area contributed by atoms with E-state index in [2.05, 4.69) is 64.6 Å². The van der Waals surface area contributed by atoms with E-state index in [1.54, 1.807) is 12.4 Å². The summed E-state index contributed by atoms with van der Waals surface area (Å²) >= 11 is 0. The van der Waals surface area contributed by atoms with Crippen LogP contribution in [0, 0.1) is 0 Å². The third-order valence-corrected chi connectivity index (χ3v) is 7.13. The molecule has 0 atom stereocenters. The molecule has 5 heteroatoms. The molecule has 0 aliphatic carbocycles. The lowest BCUT2D eigenvalue weighted by Gasteiger charge is -2.09. The second-order valence-corrected chi connectivity index (χ2v) is 9.86. The van der Waals surface area contributed by atoms with Crippen LogP contribution in [0.1, 0.15) is 0 Å². The highest BCUT2D eigenvalue weighted by Gasteiger charge is 2.12. The Kier molecular flexibility index (Phi) is 6.81. The maximum absolute atomic E-state index is 4.84. The third kappa shape index (κ3) is 5.31. The topological polar surface area (TPSA) is 64.5 Å². The lowest BCUT2D eigenvalue weighted by molar-refractivity contribution is 1.07. The Morgan fingerprint density at radius 3 is 1.17 bits per heavy atom. The van der Waals surface area contributed by atoms with Crippen LogP contribution in [0.25, 0.3) is 67.7 Å². The molecule has 0 bridgehead atoms. The summed E-state index contributed by atoms with van der Waals surface area (Å²) in [6, 6.07) is 45.1. The number of nitrogens with zero attached hydrogens (tertiary/aromatic N) is 5. The molecule has 3 heterocycles. The minimum absolute atomic E-state index is 0.646. The zero-order valence-corrected chi connectivity index (χ0v) is 22.7. The first-order chi connectivity index (χ1) is 20.8. The Morgan fingerprint density at radius 1 is 0.310 bits per heavy atom. The lowest BCUT2D eigenvalue weighted by atomic mass is 10.00. The summed E-state index contributed by atoms with van der Waals surface area (Å²) in [5.74, 6) is 1.96. The van der Waals surface area contributed by atoms with Gasteiger partial charge >= 0.3 is 0 Å². The molecule has 4 aromatic carbocycles. The molecule has 0 saturated carbocycles. The highest BCUT2D eigenvalue weighted by molar-refractivity contribution is 5.73. The van der Waals surface area contributed by atoms with Gasteiger partial charge in [0.2, 0.25) is 0 Å². The predicted octanol–water partition coefficient (Wildman–Crippen LogP) is 8.66. The molecule has 7 aromatic rings. The smallest absolute Gasteiger partial charge is 0.164 e. The minimum Gasteiger partial charge on any atom is -0.265 e. The molecule has 5 nitrogen and oxygen atoms in total. The lowest BCUT2D eigenvalue weighted by Crippen LogP contribution is -2.00. The van der Waals surface area contributed by atoms with Crippen molar-refractivity contribution in [1.82, 2.24) is 24.9 Å². The Morgan fingerprint density at radius 2 is 0.714 bits per heavy atom. The zero-order valence-electron chi connectivity index (χ0n) is 22.7. The quantitative estimate of drug-likeness (QED) is 0.212. The maximum Gasteiger partial charge on any atom is 0.164 e. The average Bonchev–Trinajstić information content (AvgIpc) is 3.09. The zero-order chi connectivity index (χ0) is 28.1. The van der Waals surface area contributed by atoms with E-state index in [4.69, 9.17) is 15.0 Å². The highest BCUT2D eigenvalue weighted by atomic mass is 15.0. The van der Waals surface area contributed by atoms with E-state index in [0.717, 1.165) is 50.2 Å². The van der Waals surface area contributed by atoms with Crippen LogP contribution < -0.4 is 0 Å². The van der Waals surface area contributed by atoms with Crippen molar-refractivity contribution in [3.63, 3.8) is 0 Å². The van der Waals surface area contributed by atoms with E-state index in [0.29, 0.717) is 17.5 Å². The van der Waals surface area contributed by atoms with E-state index in [1.165, 1.54) is 0 Å².